The van der Waals surface area contributed by atoms with Crippen LogP contribution in [0.5, 0.6) is 0 Å². The molecule has 0 saturated carbocycles. The number of carbonyl (C=O) groups is 1. The molecule has 1 N–H and O–H groups in total. The van der Waals surface area contributed by atoms with Crippen LogP contribution in [-0.4, -0.2) is 43.8 Å². The molecule has 0 heterocycles. The second kappa shape index (κ2) is 6.60. The van der Waals surface area contributed by atoms with Crippen molar-refractivity contribution in [2.24, 2.45) is 0 Å². The van der Waals surface area contributed by atoms with Crippen molar-refractivity contribution in [3.8, 4) is 0 Å². The first-order chi connectivity index (χ1) is 6.06. The number of carbonyl (C=O) groups excluding carboxylic acids is 1. The summed E-state index contributed by atoms with van der Waals surface area (Å²) < 4.78 is 4.73. The minimum atomic E-state index is -0.300. The van der Waals surface area contributed by atoms with Gasteiger partial charge < -0.3 is 15.0 Å². The summed E-state index contributed by atoms with van der Waals surface area (Å²) in [5.41, 5.74) is 0.437. The van der Waals surface area contributed by atoms with E-state index in [9.17, 15) is 4.79 Å². The molecule has 0 aliphatic rings. The Morgan fingerprint density at radius 1 is 1.46 bits per heavy atom. The molecule has 0 aromatic rings. The van der Waals surface area contributed by atoms with Gasteiger partial charge in [-0.05, 0) is 27.4 Å². The van der Waals surface area contributed by atoms with Crippen LogP contribution in [0.1, 0.15) is 19.8 Å². The van der Waals surface area contributed by atoms with E-state index in [0.29, 0.717) is 18.7 Å². The van der Waals surface area contributed by atoms with E-state index in [4.69, 9.17) is 10.1 Å². The summed E-state index contributed by atoms with van der Waals surface area (Å²) in [5, 5.41) is 7.46. The molecule has 0 atom stereocenters. The number of nitrogens with zero attached hydrogens (tertiary/aromatic N) is 1. The van der Waals surface area contributed by atoms with Crippen LogP contribution < -0.4 is 0 Å². The predicted molar refractivity (Wildman–Crippen MR) is 52.1 cm³/mol. The van der Waals surface area contributed by atoms with E-state index in [1.54, 1.807) is 6.92 Å². The second-order valence-electron chi connectivity index (χ2n) is 3.14. The molecule has 0 unspecified atom stereocenters. The van der Waals surface area contributed by atoms with Crippen molar-refractivity contribution < 1.29 is 9.53 Å². The van der Waals surface area contributed by atoms with E-state index in [1.165, 1.54) is 0 Å². The third-order valence-corrected chi connectivity index (χ3v) is 1.52. The van der Waals surface area contributed by atoms with E-state index in [1.807, 2.05) is 19.0 Å². The minimum Gasteiger partial charge on any atom is -0.466 e. The molecule has 0 aromatic carbocycles. The summed E-state index contributed by atoms with van der Waals surface area (Å²) in [7, 11) is 3.88. The van der Waals surface area contributed by atoms with Gasteiger partial charge in [0.1, 0.15) is 0 Å². The minimum absolute atomic E-state index is 0.127. The second-order valence-corrected chi connectivity index (χ2v) is 3.14. The normalized spacial score (nSPS) is 10.2. The number of esters is 1. The Bertz CT molecular complexity index is 178. The van der Waals surface area contributed by atoms with Crippen molar-refractivity contribution in [1.82, 2.24) is 4.90 Å². The van der Waals surface area contributed by atoms with E-state index in [-0.39, 0.29) is 12.4 Å². The van der Waals surface area contributed by atoms with Gasteiger partial charge in [-0.1, -0.05) is 0 Å². The molecule has 0 aliphatic carbocycles. The predicted octanol–water partition coefficient (Wildman–Crippen LogP) is 0.911. The lowest BCUT2D eigenvalue weighted by molar-refractivity contribution is -0.141. The zero-order valence-corrected chi connectivity index (χ0v) is 8.59. The van der Waals surface area contributed by atoms with Gasteiger partial charge in [-0.25, -0.2) is 0 Å². The largest absolute Gasteiger partial charge is 0.466 e. The van der Waals surface area contributed by atoms with E-state index in [0.717, 1.165) is 6.54 Å². The lowest BCUT2D eigenvalue weighted by Crippen LogP contribution is -2.18. The quantitative estimate of drug-likeness (QED) is 0.495. The number of rotatable bonds is 6. The topological polar surface area (TPSA) is 53.4 Å². The summed E-state index contributed by atoms with van der Waals surface area (Å²) in [6.07, 6.45) is 0.757. The molecule has 0 spiro atoms. The highest BCUT2D eigenvalue weighted by Gasteiger charge is 2.06. The van der Waals surface area contributed by atoms with Gasteiger partial charge in [0, 0.05) is 12.3 Å². The molecule has 13 heavy (non-hydrogen) atoms. The molecular weight excluding hydrogens is 168 g/mol. The third-order valence-electron chi connectivity index (χ3n) is 1.52. The Balaban J connectivity index is 3.56. The summed E-state index contributed by atoms with van der Waals surface area (Å²) >= 11 is 0. The van der Waals surface area contributed by atoms with Crippen LogP contribution in [-0.2, 0) is 9.53 Å². The Labute approximate surface area is 79.4 Å². The Kier molecular flexibility index (Phi) is 6.14. The van der Waals surface area contributed by atoms with Crippen LogP contribution in [0.4, 0.5) is 0 Å². The maximum absolute atomic E-state index is 10.9. The van der Waals surface area contributed by atoms with Crippen molar-refractivity contribution in [3.05, 3.63) is 0 Å². The monoisotopic (exact) mass is 186 g/mol. The number of hydrogen-bond donors (Lipinski definition) is 1. The maximum Gasteiger partial charge on any atom is 0.311 e. The van der Waals surface area contributed by atoms with Crippen molar-refractivity contribution >= 4 is 11.7 Å². The average Bonchev–Trinajstić information content (AvgIpc) is 2.01. The highest BCUT2D eigenvalue weighted by Crippen LogP contribution is 1.94. The number of nitrogens with one attached hydrogen (secondary N) is 1. The highest BCUT2D eigenvalue weighted by molar-refractivity contribution is 5.97. The summed E-state index contributed by atoms with van der Waals surface area (Å²) in [6.45, 7) is 2.96. The van der Waals surface area contributed by atoms with E-state index in [2.05, 4.69) is 0 Å². The fraction of sp³-hybridized carbons (Fsp3) is 0.778. The maximum atomic E-state index is 10.9. The molecule has 0 fully saturated rings. The van der Waals surface area contributed by atoms with Crippen molar-refractivity contribution in [1.29, 1.82) is 5.41 Å². The smallest absolute Gasteiger partial charge is 0.311 e. The molecule has 0 aromatic heterocycles. The van der Waals surface area contributed by atoms with Gasteiger partial charge in [0.15, 0.2) is 0 Å². The van der Waals surface area contributed by atoms with Gasteiger partial charge in [-0.3, -0.25) is 4.79 Å². The van der Waals surface area contributed by atoms with Gasteiger partial charge in [-0.2, -0.15) is 0 Å². The zero-order valence-electron chi connectivity index (χ0n) is 8.59. The lowest BCUT2D eigenvalue weighted by Gasteiger charge is -2.09. The van der Waals surface area contributed by atoms with Crippen LogP contribution in [0.2, 0.25) is 0 Å². The van der Waals surface area contributed by atoms with Crippen molar-refractivity contribution in [3.63, 3.8) is 0 Å². The molecule has 0 amide bonds. The number of hydrogen-bond acceptors (Lipinski definition) is 4. The van der Waals surface area contributed by atoms with Gasteiger partial charge in [0.25, 0.3) is 0 Å². The highest BCUT2D eigenvalue weighted by atomic mass is 16.5. The van der Waals surface area contributed by atoms with Gasteiger partial charge in [0.2, 0.25) is 0 Å². The van der Waals surface area contributed by atoms with Crippen LogP contribution in [0, 0.1) is 5.41 Å². The van der Waals surface area contributed by atoms with Gasteiger partial charge in [-0.15, -0.1) is 0 Å². The fourth-order valence-corrected chi connectivity index (χ4v) is 0.833. The molecule has 0 rings (SSSR count). The first-order valence-electron chi connectivity index (χ1n) is 4.43. The van der Waals surface area contributed by atoms with Crippen LogP contribution >= 0.6 is 0 Å². The molecule has 4 heteroatoms. The van der Waals surface area contributed by atoms with Gasteiger partial charge >= 0.3 is 5.97 Å². The first kappa shape index (κ1) is 12.1. The Morgan fingerprint density at radius 2 is 2.08 bits per heavy atom. The van der Waals surface area contributed by atoms with Crippen LogP contribution in [0.3, 0.4) is 0 Å². The Morgan fingerprint density at radius 3 is 2.54 bits per heavy atom. The summed E-state index contributed by atoms with van der Waals surface area (Å²) in [5.74, 6) is -0.300. The average molecular weight is 186 g/mol. The van der Waals surface area contributed by atoms with Crippen molar-refractivity contribution in [2.75, 3.05) is 27.2 Å². The lowest BCUT2D eigenvalue weighted by atomic mass is 10.2. The first-order valence-corrected chi connectivity index (χ1v) is 4.43. The van der Waals surface area contributed by atoms with Crippen molar-refractivity contribution in [2.45, 2.75) is 19.8 Å². The number of ether oxygens (including phenoxy) is 1. The summed E-state index contributed by atoms with van der Waals surface area (Å²) in [4.78, 5) is 12.9. The molecule has 4 nitrogen and oxygen atoms in total. The van der Waals surface area contributed by atoms with Crippen LogP contribution in [0.15, 0.2) is 0 Å². The molecule has 76 valence electrons. The SMILES string of the molecule is CCOC(=O)CC(=N)CCN(C)C. The molecule has 0 radical (unpaired) electrons. The Hall–Kier alpha value is -0.900. The van der Waals surface area contributed by atoms with E-state index < -0.39 is 0 Å². The van der Waals surface area contributed by atoms with E-state index >= 15 is 0 Å². The zero-order chi connectivity index (χ0) is 10.3. The van der Waals surface area contributed by atoms with Gasteiger partial charge in [0.05, 0.1) is 13.0 Å². The molecule has 0 bridgehead atoms. The molecule has 0 saturated heterocycles. The third kappa shape index (κ3) is 7.46. The fourth-order valence-electron chi connectivity index (χ4n) is 0.833. The standard InChI is InChI=1S/C9H18N2O2/c1-4-13-9(12)7-8(10)5-6-11(2)3/h10H,4-7H2,1-3H3. The molecular formula is C9H18N2O2. The van der Waals surface area contributed by atoms with Crippen LogP contribution in [0.25, 0.3) is 0 Å². The molecule has 0 aliphatic heterocycles. The summed E-state index contributed by atoms with van der Waals surface area (Å²) in [6, 6.07) is 0.